The number of carbonyl (C=O) groups is 2. The van der Waals surface area contributed by atoms with E-state index in [2.05, 4.69) is 55.6 Å². The van der Waals surface area contributed by atoms with Gasteiger partial charge in [-0.15, -0.1) is 0 Å². The third kappa shape index (κ3) is 57.2. The second-order valence-electron chi connectivity index (χ2n) is 21.7. The third-order valence-electron chi connectivity index (χ3n) is 14.7. The maximum Gasteiger partial charge on any atom is 0.305 e. The number of carbonyl (C=O) groups excluding carboxylic acids is 2. The van der Waals surface area contributed by atoms with Crippen LogP contribution < -0.4 is 5.32 Å². The SMILES string of the molecule is CCCCC/C=C\C/C=C\CCCCCCCCCCCC(=O)OCCCCCCCCCCCCCC/C=C\CCCCCCCCCCC(=O)NC(CO)C(O)CCCCCCCCCCCCC. The maximum atomic E-state index is 12.4. The van der Waals surface area contributed by atoms with Crippen molar-refractivity contribution in [1.29, 1.82) is 0 Å². The zero-order valence-corrected chi connectivity index (χ0v) is 47.7. The van der Waals surface area contributed by atoms with Crippen LogP contribution in [0.4, 0.5) is 0 Å². The van der Waals surface area contributed by atoms with Gasteiger partial charge in [-0.05, 0) is 83.5 Å². The van der Waals surface area contributed by atoms with Gasteiger partial charge in [0.2, 0.25) is 5.91 Å². The first-order valence-electron chi connectivity index (χ1n) is 31.7. The minimum absolute atomic E-state index is 0.00880. The van der Waals surface area contributed by atoms with E-state index < -0.39 is 12.1 Å². The predicted octanol–water partition coefficient (Wildman–Crippen LogP) is 20.0. The molecule has 0 aromatic heterocycles. The Morgan fingerprint density at radius 1 is 0.394 bits per heavy atom. The van der Waals surface area contributed by atoms with Crippen LogP contribution in [0.5, 0.6) is 0 Å². The molecule has 71 heavy (non-hydrogen) atoms. The molecule has 6 nitrogen and oxygen atoms in total. The molecule has 0 aromatic carbocycles. The van der Waals surface area contributed by atoms with Crippen molar-refractivity contribution in [3.8, 4) is 0 Å². The first-order chi connectivity index (χ1) is 35.0. The lowest BCUT2D eigenvalue weighted by molar-refractivity contribution is -0.143. The summed E-state index contributed by atoms with van der Waals surface area (Å²) in [7, 11) is 0. The topological polar surface area (TPSA) is 95.9 Å². The molecule has 0 saturated heterocycles. The van der Waals surface area contributed by atoms with E-state index in [0.717, 1.165) is 51.4 Å². The van der Waals surface area contributed by atoms with Crippen LogP contribution in [0.15, 0.2) is 36.5 Å². The fraction of sp³-hybridized carbons (Fsp3) is 0.877. The van der Waals surface area contributed by atoms with Crippen molar-refractivity contribution in [2.45, 2.75) is 353 Å². The van der Waals surface area contributed by atoms with Gasteiger partial charge >= 0.3 is 5.97 Å². The van der Waals surface area contributed by atoms with Crippen LogP contribution in [-0.4, -0.2) is 47.4 Å². The van der Waals surface area contributed by atoms with E-state index in [1.165, 1.54) is 257 Å². The fourth-order valence-electron chi connectivity index (χ4n) is 9.78. The number of aliphatic hydroxyl groups is 2. The highest BCUT2D eigenvalue weighted by atomic mass is 16.5. The Morgan fingerprint density at radius 2 is 0.704 bits per heavy atom. The number of amides is 1. The predicted molar refractivity (Wildman–Crippen MR) is 310 cm³/mol. The average molecular weight is 999 g/mol. The van der Waals surface area contributed by atoms with E-state index >= 15 is 0 Å². The number of hydrogen-bond acceptors (Lipinski definition) is 5. The standard InChI is InChI=1S/C65H123NO5/c1-3-5-7-9-11-13-15-16-17-18-25-29-32-35-39-43-47-51-55-59-65(70)71-60-56-52-48-44-40-36-33-30-27-24-22-20-19-21-23-26-28-31-34-38-42-46-50-54-58-64(69)66-62(61-67)63(68)57-53-49-45-41-37-14-12-10-8-6-4-2/h11,13,16-17,21,23,62-63,67-68H,3-10,12,14-15,18-20,22,24-61H2,1-2H3,(H,66,69)/b13-11-,17-16-,23-21-. The first-order valence-corrected chi connectivity index (χ1v) is 31.7. The summed E-state index contributed by atoms with van der Waals surface area (Å²) < 4.78 is 5.50. The summed E-state index contributed by atoms with van der Waals surface area (Å²) in [5.74, 6) is -0.0311. The van der Waals surface area contributed by atoms with Gasteiger partial charge in [-0.25, -0.2) is 0 Å². The van der Waals surface area contributed by atoms with E-state index in [1.54, 1.807) is 0 Å². The van der Waals surface area contributed by atoms with E-state index in [4.69, 9.17) is 4.74 Å². The van der Waals surface area contributed by atoms with Crippen molar-refractivity contribution < 1.29 is 24.5 Å². The highest BCUT2D eigenvalue weighted by Gasteiger charge is 2.20. The average Bonchev–Trinajstić information content (AvgIpc) is 3.37. The van der Waals surface area contributed by atoms with Gasteiger partial charge in [0.15, 0.2) is 0 Å². The molecular weight excluding hydrogens is 875 g/mol. The molecule has 0 spiro atoms. The number of ether oxygens (including phenoxy) is 1. The molecule has 0 bridgehead atoms. The molecule has 2 atom stereocenters. The Labute approximate surface area is 443 Å². The summed E-state index contributed by atoms with van der Waals surface area (Å²) in [6.07, 6.45) is 75.9. The molecule has 6 heteroatoms. The van der Waals surface area contributed by atoms with Crippen molar-refractivity contribution in [3.05, 3.63) is 36.5 Å². The van der Waals surface area contributed by atoms with Gasteiger partial charge in [-0.2, -0.15) is 0 Å². The molecule has 0 aromatic rings. The van der Waals surface area contributed by atoms with E-state index in [0.29, 0.717) is 25.9 Å². The molecule has 418 valence electrons. The van der Waals surface area contributed by atoms with Crippen LogP contribution in [0.25, 0.3) is 0 Å². The number of allylic oxidation sites excluding steroid dienone is 6. The number of hydrogen-bond donors (Lipinski definition) is 3. The Kier molecular flexibility index (Phi) is 59.0. The Bertz CT molecular complexity index is 1150. The van der Waals surface area contributed by atoms with Gasteiger partial charge in [-0.1, -0.05) is 281 Å². The lowest BCUT2D eigenvalue weighted by atomic mass is 10.0. The molecule has 3 N–H and O–H groups in total. The van der Waals surface area contributed by atoms with Crippen molar-refractivity contribution in [2.24, 2.45) is 0 Å². The van der Waals surface area contributed by atoms with Gasteiger partial charge in [0.05, 0.1) is 25.4 Å². The molecule has 0 rings (SSSR count). The van der Waals surface area contributed by atoms with Crippen LogP contribution in [0, 0.1) is 0 Å². The van der Waals surface area contributed by atoms with Crippen LogP contribution in [0.1, 0.15) is 341 Å². The molecule has 0 saturated carbocycles. The number of unbranched alkanes of at least 4 members (excludes halogenated alkanes) is 42. The molecule has 1 amide bonds. The van der Waals surface area contributed by atoms with Crippen molar-refractivity contribution in [1.82, 2.24) is 5.32 Å². The number of rotatable bonds is 59. The Hall–Kier alpha value is -1.92. The molecule has 0 aliphatic carbocycles. The van der Waals surface area contributed by atoms with Gasteiger partial charge in [0.1, 0.15) is 0 Å². The zero-order chi connectivity index (χ0) is 51.4. The van der Waals surface area contributed by atoms with Crippen molar-refractivity contribution in [2.75, 3.05) is 13.2 Å². The summed E-state index contributed by atoms with van der Waals surface area (Å²) in [5, 5.41) is 23.2. The maximum absolute atomic E-state index is 12.4. The summed E-state index contributed by atoms with van der Waals surface area (Å²) >= 11 is 0. The van der Waals surface area contributed by atoms with Crippen LogP contribution >= 0.6 is 0 Å². The minimum Gasteiger partial charge on any atom is -0.466 e. The second-order valence-corrected chi connectivity index (χ2v) is 21.7. The van der Waals surface area contributed by atoms with E-state index in [1.807, 2.05) is 0 Å². The van der Waals surface area contributed by atoms with Gasteiger partial charge in [0, 0.05) is 12.8 Å². The molecule has 0 fully saturated rings. The lowest BCUT2D eigenvalue weighted by Crippen LogP contribution is -2.45. The molecule has 2 unspecified atom stereocenters. The number of aliphatic hydroxyl groups excluding tert-OH is 2. The summed E-state index contributed by atoms with van der Waals surface area (Å²) in [6, 6.07) is -0.544. The van der Waals surface area contributed by atoms with Gasteiger partial charge in [-0.3, -0.25) is 9.59 Å². The normalized spacial score (nSPS) is 12.8. The zero-order valence-electron chi connectivity index (χ0n) is 47.7. The van der Waals surface area contributed by atoms with Crippen LogP contribution in [0.2, 0.25) is 0 Å². The Balaban J connectivity index is 3.37. The smallest absolute Gasteiger partial charge is 0.305 e. The van der Waals surface area contributed by atoms with E-state index in [9.17, 15) is 19.8 Å². The fourth-order valence-corrected chi connectivity index (χ4v) is 9.78. The van der Waals surface area contributed by atoms with Gasteiger partial charge < -0.3 is 20.3 Å². The summed E-state index contributed by atoms with van der Waals surface area (Å²) in [4.78, 5) is 24.5. The largest absolute Gasteiger partial charge is 0.466 e. The molecular formula is C65H123NO5. The monoisotopic (exact) mass is 998 g/mol. The Morgan fingerprint density at radius 3 is 1.11 bits per heavy atom. The molecule has 0 radical (unpaired) electrons. The third-order valence-corrected chi connectivity index (χ3v) is 14.7. The lowest BCUT2D eigenvalue weighted by Gasteiger charge is -2.22. The molecule has 0 aliphatic rings. The molecule has 0 aliphatic heterocycles. The molecule has 0 heterocycles. The summed E-state index contributed by atoms with van der Waals surface area (Å²) in [6.45, 7) is 4.93. The first kappa shape index (κ1) is 69.1. The van der Waals surface area contributed by atoms with Gasteiger partial charge in [0.25, 0.3) is 0 Å². The highest BCUT2D eigenvalue weighted by molar-refractivity contribution is 5.76. The van der Waals surface area contributed by atoms with Crippen molar-refractivity contribution in [3.63, 3.8) is 0 Å². The van der Waals surface area contributed by atoms with Crippen LogP contribution in [0.3, 0.4) is 0 Å². The quantitative estimate of drug-likeness (QED) is 0.0321. The minimum atomic E-state index is -0.666. The summed E-state index contributed by atoms with van der Waals surface area (Å²) in [5.41, 5.74) is 0. The number of nitrogens with one attached hydrogen (secondary N) is 1. The second kappa shape index (κ2) is 60.6. The van der Waals surface area contributed by atoms with Crippen molar-refractivity contribution >= 4 is 11.9 Å². The van der Waals surface area contributed by atoms with Crippen LogP contribution in [-0.2, 0) is 14.3 Å². The number of esters is 1. The van der Waals surface area contributed by atoms with E-state index in [-0.39, 0.29) is 18.5 Å². The highest BCUT2D eigenvalue weighted by Crippen LogP contribution is 2.17.